The minimum atomic E-state index is -0.943. The molecule has 0 aliphatic carbocycles. The van der Waals surface area contributed by atoms with E-state index in [-0.39, 0.29) is 12.4 Å². The first-order valence-electron chi connectivity index (χ1n) is 4.53. The van der Waals surface area contributed by atoms with E-state index >= 15 is 0 Å². The van der Waals surface area contributed by atoms with Crippen molar-refractivity contribution in [2.75, 3.05) is 18.9 Å². The van der Waals surface area contributed by atoms with E-state index in [9.17, 15) is 9.18 Å². The summed E-state index contributed by atoms with van der Waals surface area (Å²) in [6, 6.07) is 5.20. The maximum Gasteiger partial charge on any atom is 0.322 e. The predicted octanol–water partition coefficient (Wildman–Crippen LogP) is 0.910. The molecule has 0 fully saturated rings. The maximum absolute atomic E-state index is 12.8. The number of carbonyl (C=O) groups is 1. The van der Waals surface area contributed by atoms with Crippen LogP contribution in [0.2, 0.25) is 0 Å². The van der Waals surface area contributed by atoms with Crippen LogP contribution in [-0.2, 0) is 4.79 Å². The summed E-state index contributed by atoms with van der Waals surface area (Å²) >= 11 is 0. The SMILES string of the molecule is CNC(CNc1cccc(F)c1)C(=O)O. The van der Waals surface area contributed by atoms with E-state index in [1.165, 1.54) is 12.1 Å². The Morgan fingerprint density at radius 2 is 2.33 bits per heavy atom. The number of rotatable bonds is 5. The summed E-state index contributed by atoms with van der Waals surface area (Å²) in [5.74, 6) is -1.29. The van der Waals surface area contributed by atoms with Crippen molar-refractivity contribution < 1.29 is 14.3 Å². The third kappa shape index (κ3) is 3.55. The molecule has 1 unspecified atom stereocenters. The maximum atomic E-state index is 12.8. The molecule has 0 aliphatic heterocycles. The van der Waals surface area contributed by atoms with Crippen molar-refractivity contribution in [3.8, 4) is 0 Å². The fraction of sp³-hybridized carbons (Fsp3) is 0.300. The average Bonchev–Trinajstić information content (AvgIpc) is 2.18. The molecule has 1 rings (SSSR count). The molecule has 82 valence electrons. The minimum Gasteiger partial charge on any atom is -0.480 e. The van der Waals surface area contributed by atoms with Crippen LogP contribution in [0.4, 0.5) is 10.1 Å². The van der Waals surface area contributed by atoms with Crippen molar-refractivity contribution in [3.63, 3.8) is 0 Å². The Labute approximate surface area is 87.1 Å². The molecule has 3 N–H and O–H groups in total. The van der Waals surface area contributed by atoms with Crippen LogP contribution in [0.5, 0.6) is 0 Å². The van der Waals surface area contributed by atoms with E-state index in [4.69, 9.17) is 5.11 Å². The number of carboxylic acid groups (broad SMARTS) is 1. The topological polar surface area (TPSA) is 61.4 Å². The van der Waals surface area contributed by atoms with Crippen molar-refractivity contribution >= 4 is 11.7 Å². The number of nitrogens with one attached hydrogen (secondary N) is 2. The highest BCUT2D eigenvalue weighted by molar-refractivity contribution is 5.74. The van der Waals surface area contributed by atoms with Gasteiger partial charge in [0.05, 0.1) is 0 Å². The Bertz CT molecular complexity index is 344. The first-order valence-corrected chi connectivity index (χ1v) is 4.53. The Balaban J connectivity index is 2.52. The summed E-state index contributed by atoms with van der Waals surface area (Å²) < 4.78 is 12.8. The minimum absolute atomic E-state index is 0.204. The van der Waals surface area contributed by atoms with Crippen LogP contribution in [0.15, 0.2) is 24.3 Å². The number of anilines is 1. The molecule has 0 bridgehead atoms. The van der Waals surface area contributed by atoms with Gasteiger partial charge in [-0.3, -0.25) is 4.79 Å². The van der Waals surface area contributed by atoms with E-state index in [1.807, 2.05) is 0 Å². The Morgan fingerprint density at radius 1 is 1.60 bits per heavy atom. The van der Waals surface area contributed by atoms with Crippen LogP contribution in [0.3, 0.4) is 0 Å². The van der Waals surface area contributed by atoms with Gasteiger partial charge >= 0.3 is 5.97 Å². The van der Waals surface area contributed by atoms with Gasteiger partial charge in [-0.05, 0) is 25.2 Å². The van der Waals surface area contributed by atoms with Crippen LogP contribution in [-0.4, -0.2) is 30.7 Å². The lowest BCUT2D eigenvalue weighted by Crippen LogP contribution is -2.39. The van der Waals surface area contributed by atoms with Gasteiger partial charge in [0.2, 0.25) is 0 Å². The van der Waals surface area contributed by atoms with E-state index in [2.05, 4.69) is 10.6 Å². The molecule has 0 amide bonds. The summed E-state index contributed by atoms with van der Waals surface area (Å²) in [5, 5.41) is 14.2. The van der Waals surface area contributed by atoms with Crippen LogP contribution in [0, 0.1) is 5.82 Å². The van der Waals surface area contributed by atoms with E-state index in [0.717, 1.165) is 0 Å². The van der Waals surface area contributed by atoms with Crippen molar-refractivity contribution in [3.05, 3.63) is 30.1 Å². The summed E-state index contributed by atoms with van der Waals surface area (Å²) in [6.45, 7) is 0.204. The Hall–Kier alpha value is -1.62. The predicted molar refractivity (Wildman–Crippen MR) is 55.4 cm³/mol. The molecule has 0 aliphatic rings. The molecule has 0 radical (unpaired) electrons. The zero-order valence-electron chi connectivity index (χ0n) is 8.33. The quantitative estimate of drug-likeness (QED) is 0.679. The molecule has 0 heterocycles. The fourth-order valence-corrected chi connectivity index (χ4v) is 1.13. The second kappa shape index (κ2) is 5.31. The molecule has 0 spiro atoms. The van der Waals surface area contributed by atoms with Gasteiger partial charge in [-0.2, -0.15) is 0 Å². The largest absolute Gasteiger partial charge is 0.480 e. The molecule has 15 heavy (non-hydrogen) atoms. The number of benzene rings is 1. The zero-order chi connectivity index (χ0) is 11.3. The smallest absolute Gasteiger partial charge is 0.322 e. The highest BCUT2D eigenvalue weighted by Crippen LogP contribution is 2.08. The number of halogens is 1. The third-order valence-electron chi connectivity index (χ3n) is 1.98. The summed E-state index contributed by atoms with van der Waals surface area (Å²) in [5.41, 5.74) is 0.566. The van der Waals surface area contributed by atoms with Crippen molar-refractivity contribution in [1.29, 1.82) is 0 Å². The standard InChI is InChI=1S/C10H13FN2O2/c1-12-9(10(14)15)6-13-8-4-2-3-7(11)5-8/h2-5,9,12-13H,6H2,1H3,(H,14,15). The molecule has 4 nitrogen and oxygen atoms in total. The van der Waals surface area contributed by atoms with Crippen LogP contribution >= 0.6 is 0 Å². The molecule has 5 heteroatoms. The second-order valence-electron chi connectivity index (χ2n) is 3.07. The lowest BCUT2D eigenvalue weighted by molar-refractivity contribution is -0.138. The Morgan fingerprint density at radius 3 is 2.87 bits per heavy atom. The molecular weight excluding hydrogens is 199 g/mol. The molecule has 0 saturated heterocycles. The van der Waals surface area contributed by atoms with Gasteiger partial charge in [-0.1, -0.05) is 6.07 Å². The summed E-state index contributed by atoms with van der Waals surface area (Å²) in [4.78, 5) is 10.6. The number of likely N-dealkylation sites (N-methyl/N-ethyl adjacent to an activating group) is 1. The van der Waals surface area contributed by atoms with Gasteiger partial charge in [-0.25, -0.2) is 4.39 Å². The molecule has 1 aromatic carbocycles. The van der Waals surface area contributed by atoms with Gasteiger partial charge in [0.15, 0.2) is 0 Å². The van der Waals surface area contributed by atoms with Crippen LogP contribution in [0.25, 0.3) is 0 Å². The van der Waals surface area contributed by atoms with Crippen LogP contribution < -0.4 is 10.6 Å². The molecule has 1 atom stereocenters. The molecule has 0 saturated carbocycles. The third-order valence-corrected chi connectivity index (χ3v) is 1.98. The first kappa shape index (κ1) is 11.5. The average molecular weight is 212 g/mol. The van der Waals surface area contributed by atoms with Crippen molar-refractivity contribution in [2.45, 2.75) is 6.04 Å². The van der Waals surface area contributed by atoms with E-state index in [1.54, 1.807) is 19.2 Å². The van der Waals surface area contributed by atoms with Crippen molar-refractivity contribution in [2.24, 2.45) is 0 Å². The number of hydrogen-bond acceptors (Lipinski definition) is 3. The van der Waals surface area contributed by atoms with Gasteiger partial charge in [-0.15, -0.1) is 0 Å². The van der Waals surface area contributed by atoms with Gasteiger partial charge in [0.25, 0.3) is 0 Å². The van der Waals surface area contributed by atoms with E-state index < -0.39 is 12.0 Å². The highest BCUT2D eigenvalue weighted by atomic mass is 19.1. The number of aliphatic carboxylic acids is 1. The van der Waals surface area contributed by atoms with Crippen molar-refractivity contribution in [1.82, 2.24) is 5.32 Å². The number of hydrogen-bond donors (Lipinski definition) is 3. The van der Waals surface area contributed by atoms with Crippen LogP contribution in [0.1, 0.15) is 0 Å². The van der Waals surface area contributed by atoms with Gasteiger partial charge in [0.1, 0.15) is 11.9 Å². The molecular formula is C10H13FN2O2. The Kier molecular flexibility index (Phi) is 4.05. The lowest BCUT2D eigenvalue weighted by Gasteiger charge is -2.12. The molecule has 1 aromatic rings. The summed E-state index contributed by atoms with van der Waals surface area (Å²) in [7, 11) is 1.56. The van der Waals surface area contributed by atoms with Gasteiger partial charge in [0, 0.05) is 12.2 Å². The van der Waals surface area contributed by atoms with E-state index in [0.29, 0.717) is 5.69 Å². The monoisotopic (exact) mass is 212 g/mol. The van der Waals surface area contributed by atoms with Gasteiger partial charge < -0.3 is 15.7 Å². The normalized spacial score (nSPS) is 12.1. The lowest BCUT2D eigenvalue weighted by atomic mass is 10.2. The second-order valence-corrected chi connectivity index (χ2v) is 3.07. The summed E-state index contributed by atoms with van der Waals surface area (Å²) in [6.07, 6.45) is 0. The first-order chi connectivity index (χ1) is 7.13. The highest BCUT2D eigenvalue weighted by Gasteiger charge is 2.13. The molecule has 0 aromatic heterocycles. The zero-order valence-corrected chi connectivity index (χ0v) is 8.33. The number of carboxylic acids is 1. The fourth-order valence-electron chi connectivity index (χ4n) is 1.13.